The van der Waals surface area contributed by atoms with Gasteiger partial charge < -0.3 is 23.1 Å². The summed E-state index contributed by atoms with van der Waals surface area (Å²) in [4.78, 5) is 18.6. The normalized spacial score (nSPS) is 16.0. The van der Waals surface area contributed by atoms with Crippen LogP contribution in [0, 0.1) is 0 Å². The molecule has 7 nitrogen and oxygen atoms in total. The summed E-state index contributed by atoms with van der Waals surface area (Å²) in [5.74, 6) is 0. The second-order valence-corrected chi connectivity index (χ2v) is 8.59. The minimum Gasteiger partial charge on any atom is -0.372 e. The molecular weight excluding hydrogens is 315 g/mol. The van der Waals surface area contributed by atoms with E-state index in [9.17, 15) is 14.4 Å². The van der Waals surface area contributed by atoms with Crippen LogP contribution in [-0.4, -0.2) is 43.6 Å². The first-order valence-electron chi connectivity index (χ1n) is 7.44. The Labute approximate surface area is 128 Å². The maximum atomic E-state index is 11.5. The molecular formula is C12H29O7PSi. The number of rotatable bonds is 12. The smallest absolute Gasteiger partial charge is 0.372 e. The van der Waals surface area contributed by atoms with Gasteiger partial charge in [-0.2, -0.15) is 0 Å². The van der Waals surface area contributed by atoms with Gasteiger partial charge in [0.1, 0.15) is 5.22 Å². The van der Waals surface area contributed by atoms with Crippen molar-refractivity contribution < 1.29 is 32.2 Å². The Morgan fingerprint density at radius 2 is 1.38 bits per heavy atom. The molecule has 0 aromatic carbocycles. The zero-order valence-electron chi connectivity index (χ0n) is 13.6. The predicted molar refractivity (Wildman–Crippen MR) is 81.7 cm³/mol. The van der Waals surface area contributed by atoms with Crippen molar-refractivity contribution in [1.82, 2.24) is 0 Å². The van der Waals surface area contributed by atoms with Gasteiger partial charge in [0.25, 0.3) is 0 Å². The van der Waals surface area contributed by atoms with Crippen LogP contribution in [0.15, 0.2) is 0 Å². The molecule has 0 bridgehead atoms. The maximum Gasteiger partial charge on any atom is 0.535 e. The Balaban J connectivity index is 5.88. The second-order valence-electron chi connectivity index (χ2n) is 4.53. The number of hydrogen-bond donors (Lipinski definition) is 2. The van der Waals surface area contributed by atoms with Crippen LogP contribution in [0.5, 0.6) is 0 Å². The average Bonchev–Trinajstić information content (AvgIpc) is 2.37. The van der Waals surface area contributed by atoms with E-state index in [1.54, 1.807) is 27.7 Å². The van der Waals surface area contributed by atoms with Crippen LogP contribution in [0.4, 0.5) is 0 Å². The van der Waals surface area contributed by atoms with E-state index < -0.39 is 21.9 Å². The topological polar surface area (TPSA) is 94.5 Å². The Hall–Kier alpha value is 0.207. The zero-order chi connectivity index (χ0) is 16.6. The summed E-state index contributed by atoms with van der Waals surface area (Å²) in [6.45, 7) is 10.1. The number of hydrogen-bond acceptors (Lipinski definition) is 5. The fourth-order valence-electron chi connectivity index (χ4n) is 2.43. The van der Waals surface area contributed by atoms with E-state index in [-0.39, 0.29) is 0 Å². The fourth-order valence-corrected chi connectivity index (χ4v) is 7.08. The molecule has 0 amide bonds. The SMILES string of the molecule is CCCC(CC)(OP(=O)(O)O)[Si](OCC)(OCC)OCC. The van der Waals surface area contributed by atoms with Crippen LogP contribution in [-0.2, 0) is 22.4 Å². The number of phosphoric ester groups is 1. The zero-order valence-corrected chi connectivity index (χ0v) is 15.5. The Bertz CT molecular complexity index is 319. The highest BCUT2D eigenvalue weighted by Crippen LogP contribution is 2.48. The van der Waals surface area contributed by atoms with Gasteiger partial charge in [-0.3, -0.25) is 4.52 Å². The molecule has 0 radical (unpaired) electrons. The van der Waals surface area contributed by atoms with Crippen LogP contribution in [0.2, 0.25) is 0 Å². The van der Waals surface area contributed by atoms with Gasteiger partial charge in [-0.25, -0.2) is 4.57 Å². The van der Waals surface area contributed by atoms with Crippen molar-refractivity contribution in [3.05, 3.63) is 0 Å². The molecule has 0 aromatic rings. The molecule has 0 aliphatic rings. The van der Waals surface area contributed by atoms with Crippen molar-refractivity contribution in [2.45, 2.75) is 59.1 Å². The quantitative estimate of drug-likeness (QED) is 0.415. The van der Waals surface area contributed by atoms with E-state index in [2.05, 4.69) is 0 Å². The van der Waals surface area contributed by atoms with Crippen LogP contribution >= 0.6 is 7.82 Å². The molecule has 0 fully saturated rings. The number of phosphoric acid groups is 1. The van der Waals surface area contributed by atoms with E-state index in [0.29, 0.717) is 39.1 Å². The Kier molecular flexibility index (Phi) is 9.46. The maximum absolute atomic E-state index is 11.5. The summed E-state index contributed by atoms with van der Waals surface area (Å²) in [6, 6.07) is 0. The first kappa shape index (κ1) is 21.2. The van der Waals surface area contributed by atoms with Crippen molar-refractivity contribution in [1.29, 1.82) is 0 Å². The van der Waals surface area contributed by atoms with Gasteiger partial charge in [0.2, 0.25) is 0 Å². The summed E-state index contributed by atoms with van der Waals surface area (Å²) in [7, 11) is -8.13. The van der Waals surface area contributed by atoms with Crippen LogP contribution in [0.1, 0.15) is 53.9 Å². The standard InChI is InChI=1S/C12H29O7PSi/c1-6-11-12(7-2,19-20(13,14)15)21(16-8-3,17-9-4)18-10-5/h6-11H2,1-5H3,(H2,13,14,15). The van der Waals surface area contributed by atoms with Crippen molar-refractivity contribution in [2.24, 2.45) is 0 Å². The molecule has 128 valence electrons. The largest absolute Gasteiger partial charge is 0.535 e. The lowest BCUT2D eigenvalue weighted by Gasteiger charge is -2.44. The van der Waals surface area contributed by atoms with E-state index in [0.717, 1.165) is 0 Å². The van der Waals surface area contributed by atoms with Gasteiger partial charge in [0.05, 0.1) is 0 Å². The lowest BCUT2D eigenvalue weighted by Crippen LogP contribution is -2.66. The van der Waals surface area contributed by atoms with Gasteiger partial charge in [0.15, 0.2) is 0 Å². The van der Waals surface area contributed by atoms with E-state index >= 15 is 0 Å². The third-order valence-electron chi connectivity index (χ3n) is 3.08. The van der Waals surface area contributed by atoms with E-state index in [4.69, 9.17) is 17.8 Å². The summed E-state index contributed by atoms with van der Waals surface area (Å²) in [5.41, 5.74) is 0. The molecule has 9 heteroatoms. The van der Waals surface area contributed by atoms with Crippen molar-refractivity contribution in [2.75, 3.05) is 19.8 Å². The van der Waals surface area contributed by atoms with Gasteiger partial charge in [-0.15, -0.1) is 0 Å². The molecule has 2 N–H and O–H groups in total. The summed E-state index contributed by atoms with van der Waals surface area (Å²) in [6.07, 6.45) is 1.38. The summed E-state index contributed by atoms with van der Waals surface area (Å²) < 4.78 is 34.0. The van der Waals surface area contributed by atoms with Crippen molar-refractivity contribution in [3.8, 4) is 0 Å². The third-order valence-corrected chi connectivity index (χ3v) is 7.67. The fraction of sp³-hybridized carbons (Fsp3) is 1.00. The monoisotopic (exact) mass is 344 g/mol. The lowest BCUT2D eigenvalue weighted by atomic mass is 10.1. The summed E-state index contributed by atoms with van der Waals surface area (Å²) in [5, 5.41) is -1.25. The van der Waals surface area contributed by atoms with Crippen LogP contribution in [0.25, 0.3) is 0 Å². The molecule has 0 aliphatic carbocycles. The van der Waals surface area contributed by atoms with Crippen LogP contribution in [0.3, 0.4) is 0 Å². The molecule has 21 heavy (non-hydrogen) atoms. The van der Waals surface area contributed by atoms with Gasteiger partial charge in [0, 0.05) is 19.8 Å². The second kappa shape index (κ2) is 9.37. The van der Waals surface area contributed by atoms with Gasteiger partial charge in [-0.1, -0.05) is 20.3 Å². The highest BCUT2D eigenvalue weighted by Gasteiger charge is 2.63. The first-order chi connectivity index (χ1) is 9.76. The molecule has 0 aliphatic heterocycles. The predicted octanol–water partition coefficient (Wildman–Crippen LogP) is 2.63. The molecule has 0 spiro atoms. The Morgan fingerprint density at radius 1 is 0.952 bits per heavy atom. The molecule has 0 rings (SSSR count). The van der Waals surface area contributed by atoms with Crippen molar-refractivity contribution in [3.63, 3.8) is 0 Å². The molecule has 0 aromatic heterocycles. The van der Waals surface area contributed by atoms with Crippen LogP contribution < -0.4 is 0 Å². The molecule has 0 saturated heterocycles. The average molecular weight is 344 g/mol. The van der Waals surface area contributed by atoms with Crippen molar-refractivity contribution >= 4 is 16.6 Å². The highest BCUT2D eigenvalue weighted by molar-refractivity contribution is 7.46. The highest BCUT2D eigenvalue weighted by atomic mass is 31.2. The molecule has 1 atom stereocenters. The van der Waals surface area contributed by atoms with E-state index in [1.807, 2.05) is 6.92 Å². The molecule has 0 saturated carbocycles. The summed E-state index contributed by atoms with van der Waals surface area (Å²) >= 11 is 0. The van der Waals surface area contributed by atoms with Gasteiger partial charge >= 0.3 is 16.6 Å². The molecule has 1 unspecified atom stereocenters. The van der Waals surface area contributed by atoms with Gasteiger partial charge in [-0.05, 0) is 33.6 Å². The minimum atomic E-state index is -4.71. The molecule has 0 heterocycles. The minimum absolute atomic E-state index is 0.322. The third kappa shape index (κ3) is 5.72. The lowest BCUT2D eigenvalue weighted by molar-refractivity contribution is -0.0337. The van der Waals surface area contributed by atoms with E-state index in [1.165, 1.54) is 0 Å². The Morgan fingerprint density at radius 3 is 1.62 bits per heavy atom. The first-order valence-corrected chi connectivity index (χ1v) is 10.7.